The molecule has 1 aliphatic rings. The number of fused-ring (bicyclic) bond motifs is 1. The molecule has 1 aliphatic heterocycles. The summed E-state index contributed by atoms with van der Waals surface area (Å²) in [5, 5.41) is 0. The Morgan fingerprint density at radius 2 is 2.05 bits per heavy atom. The first kappa shape index (κ1) is 13.3. The third-order valence-corrected chi connectivity index (χ3v) is 3.93. The zero-order chi connectivity index (χ0) is 14.3. The SMILES string of the molecule is Cc1cc(C2CC(=O)c3cc(Br)ccc3O2)ccc1F. The van der Waals surface area contributed by atoms with Gasteiger partial charge in [0.2, 0.25) is 0 Å². The molecule has 0 bridgehead atoms. The summed E-state index contributed by atoms with van der Waals surface area (Å²) in [6.07, 6.45) is -0.0791. The van der Waals surface area contributed by atoms with E-state index in [1.54, 1.807) is 31.2 Å². The summed E-state index contributed by atoms with van der Waals surface area (Å²) in [5.74, 6) is 0.371. The van der Waals surface area contributed by atoms with Gasteiger partial charge in [0.1, 0.15) is 17.7 Å². The Labute approximate surface area is 124 Å². The molecule has 0 saturated heterocycles. The fourth-order valence-electron chi connectivity index (χ4n) is 2.35. The van der Waals surface area contributed by atoms with Crippen molar-refractivity contribution in [3.05, 3.63) is 63.4 Å². The predicted octanol–water partition coefficient (Wildman–Crippen LogP) is 4.60. The molecular formula is C16H12BrFO2. The fraction of sp³-hybridized carbons (Fsp3) is 0.188. The van der Waals surface area contributed by atoms with Crippen molar-refractivity contribution >= 4 is 21.7 Å². The van der Waals surface area contributed by atoms with E-state index in [0.717, 1.165) is 10.0 Å². The summed E-state index contributed by atoms with van der Waals surface area (Å²) < 4.78 is 20.0. The van der Waals surface area contributed by atoms with Gasteiger partial charge >= 0.3 is 0 Å². The van der Waals surface area contributed by atoms with Crippen molar-refractivity contribution in [2.75, 3.05) is 0 Å². The topological polar surface area (TPSA) is 26.3 Å². The van der Waals surface area contributed by atoms with Crippen molar-refractivity contribution in [2.24, 2.45) is 0 Å². The highest BCUT2D eigenvalue weighted by Gasteiger charge is 2.28. The number of carbonyl (C=O) groups is 1. The number of rotatable bonds is 1. The highest BCUT2D eigenvalue weighted by atomic mass is 79.9. The Balaban J connectivity index is 1.97. The van der Waals surface area contributed by atoms with E-state index in [1.165, 1.54) is 6.07 Å². The van der Waals surface area contributed by atoms with Crippen LogP contribution in [0.1, 0.15) is 34.0 Å². The molecule has 0 aliphatic carbocycles. The molecule has 0 saturated carbocycles. The number of benzene rings is 2. The Morgan fingerprint density at radius 3 is 2.80 bits per heavy atom. The molecule has 20 heavy (non-hydrogen) atoms. The van der Waals surface area contributed by atoms with Crippen molar-refractivity contribution in [3.63, 3.8) is 0 Å². The van der Waals surface area contributed by atoms with Gasteiger partial charge in [0, 0.05) is 4.47 Å². The van der Waals surface area contributed by atoms with Gasteiger partial charge in [-0.2, -0.15) is 0 Å². The second-order valence-electron chi connectivity index (χ2n) is 4.88. The molecule has 1 heterocycles. The van der Waals surface area contributed by atoms with Crippen molar-refractivity contribution in [2.45, 2.75) is 19.4 Å². The Hall–Kier alpha value is -1.68. The normalized spacial score (nSPS) is 17.6. The maximum absolute atomic E-state index is 13.3. The molecule has 0 N–H and O–H groups in total. The Morgan fingerprint density at radius 1 is 1.25 bits per heavy atom. The van der Waals surface area contributed by atoms with Crippen LogP contribution >= 0.6 is 15.9 Å². The molecule has 0 fully saturated rings. The molecule has 0 aromatic heterocycles. The van der Waals surface area contributed by atoms with Crippen LogP contribution < -0.4 is 4.74 Å². The number of ketones is 1. The number of hydrogen-bond acceptors (Lipinski definition) is 2. The van der Waals surface area contributed by atoms with Crippen LogP contribution in [0.2, 0.25) is 0 Å². The molecule has 4 heteroatoms. The lowest BCUT2D eigenvalue weighted by Gasteiger charge is -2.26. The summed E-state index contributed by atoms with van der Waals surface area (Å²) in [7, 11) is 0. The minimum absolute atomic E-state index is 0.0412. The zero-order valence-electron chi connectivity index (χ0n) is 10.8. The first-order valence-electron chi connectivity index (χ1n) is 6.30. The summed E-state index contributed by atoms with van der Waals surface area (Å²) in [5.41, 5.74) is 1.97. The van der Waals surface area contributed by atoms with Crippen LogP contribution in [0.15, 0.2) is 40.9 Å². The average Bonchev–Trinajstić information content (AvgIpc) is 2.42. The van der Waals surface area contributed by atoms with E-state index in [2.05, 4.69) is 15.9 Å². The van der Waals surface area contributed by atoms with Gasteiger partial charge in [-0.25, -0.2) is 4.39 Å². The van der Waals surface area contributed by atoms with E-state index in [1.807, 2.05) is 6.07 Å². The molecule has 0 amide bonds. The molecule has 2 aromatic carbocycles. The molecule has 0 spiro atoms. The Kier molecular flexibility index (Phi) is 3.34. The first-order valence-corrected chi connectivity index (χ1v) is 7.09. The molecule has 1 atom stereocenters. The van der Waals surface area contributed by atoms with Crippen molar-refractivity contribution in [1.29, 1.82) is 0 Å². The standard InChI is InChI=1S/C16H12BrFO2/c1-9-6-10(2-4-13(9)18)16-8-14(19)12-7-11(17)3-5-15(12)20-16/h2-7,16H,8H2,1H3. The van der Waals surface area contributed by atoms with Crippen molar-refractivity contribution < 1.29 is 13.9 Å². The monoisotopic (exact) mass is 334 g/mol. The maximum atomic E-state index is 13.3. The van der Waals surface area contributed by atoms with Gasteiger partial charge < -0.3 is 4.74 Å². The molecule has 1 unspecified atom stereocenters. The number of hydrogen-bond donors (Lipinski definition) is 0. The summed E-state index contributed by atoms with van der Waals surface area (Å²) in [6, 6.07) is 10.2. The van der Waals surface area contributed by atoms with E-state index >= 15 is 0 Å². The first-order chi connectivity index (χ1) is 9.54. The lowest BCUT2D eigenvalue weighted by Crippen LogP contribution is -2.20. The van der Waals surface area contributed by atoms with E-state index in [0.29, 0.717) is 16.9 Å². The molecule has 102 valence electrons. The smallest absolute Gasteiger partial charge is 0.170 e. The fourth-order valence-corrected chi connectivity index (χ4v) is 2.71. The summed E-state index contributed by atoms with van der Waals surface area (Å²) >= 11 is 3.35. The Bertz CT molecular complexity index is 697. The lowest BCUT2D eigenvalue weighted by atomic mass is 9.95. The van der Waals surface area contributed by atoms with Crippen LogP contribution in [0.3, 0.4) is 0 Å². The van der Waals surface area contributed by atoms with Crippen LogP contribution in [-0.4, -0.2) is 5.78 Å². The van der Waals surface area contributed by atoms with Gasteiger partial charge in [0.25, 0.3) is 0 Å². The van der Waals surface area contributed by atoms with Crippen molar-refractivity contribution in [3.8, 4) is 5.75 Å². The molecule has 0 radical (unpaired) electrons. The van der Waals surface area contributed by atoms with E-state index in [9.17, 15) is 9.18 Å². The zero-order valence-corrected chi connectivity index (χ0v) is 12.4. The van der Waals surface area contributed by atoms with Gasteiger partial charge in [-0.3, -0.25) is 4.79 Å². The molecule has 2 nitrogen and oxygen atoms in total. The minimum atomic E-state index is -0.351. The summed E-state index contributed by atoms with van der Waals surface area (Å²) in [6.45, 7) is 1.70. The van der Waals surface area contributed by atoms with Gasteiger partial charge in [-0.05, 0) is 48.4 Å². The summed E-state index contributed by atoms with van der Waals surface area (Å²) in [4.78, 5) is 12.2. The molecule has 3 rings (SSSR count). The number of halogens is 2. The number of Topliss-reactive ketones (excluding diaryl/α,β-unsaturated/α-hetero) is 1. The second kappa shape index (κ2) is 5.02. The third-order valence-electron chi connectivity index (χ3n) is 3.44. The maximum Gasteiger partial charge on any atom is 0.170 e. The van der Waals surface area contributed by atoms with Gasteiger partial charge in [-0.1, -0.05) is 22.0 Å². The van der Waals surface area contributed by atoms with Crippen LogP contribution in [0.25, 0.3) is 0 Å². The number of aryl methyl sites for hydroxylation is 1. The quantitative estimate of drug-likeness (QED) is 0.761. The number of ether oxygens (including phenoxy) is 1. The van der Waals surface area contributed by atoms with Gasteiger partial charge in [-0.15, -0.1) is 0 Å². The second-order valence-corrected chi connectivity index (χ2v) is 5.80. The largest absolute Gasteiger partial charge is 0.484 e. The average molecular weight is 335 g/mol. The molecule has 2 aromatic rings. The van der Waals surface area contributed by atoms with Crippen LogP contribution in [0, 0.1) is 12.7 Å². The van der Waals surface area contributed by atoms with Gasteiger partial charge in [0.05, 0.1) is 12.0 Å². The van der Waals surface area contributed by atoms with Crippen LogP contribution in [-0.2, 0) is 0 Å². The van der Waals surface area contributed by atoms with E-state index < -0.39 is 0 Å². The lowest BCUT2D eigenvalue weighted by molar-refractivity contribution is 0.0850. The van der Waals surface area contributed by atoms with Crippen LogP contribution in [0.4, 0.5) is 4.39 Å². The predicted molar refractivity (Wildman–Crippen MR) is 77.6 cm³/mol. The molecular weight excluding hydrogens is 323 g/mol. The van der Waals surface area contributed by atoms with E-state index in [4.69, 9.17) is 4.74 Å². The van der Waals surface area contributed by atoms with Crippen LogP contribution in [0.5, 0.6) is 5.75 Å². The highest BCUT2D eigenvalue weighted by molar-refractivity contribution is 9.10. The van der Waals surface area contributed by atoms with E-state index in [-0.39, 0.29) is 24.1 Å². The highest BCUT2D eigenvalue weighted by Crippen LogP contribution is 2.36. The number of carbonyl (C=O) groups excluding carboxylic acids is 1. The third kappa shape index (κ3) is 2.36. The minimum Gasteiger partial charge on any atom is -0.484 e. The van der Waals surface area contributed by atoms with Gasteiger partial charge in [0.15, 0.2) is 5.78 Å². The van der Waals surface area contributed by atoms with Crippen molar-refractivity contribution in [1.82, 2.24) is 0 Å².